The van der Waals surface area contributed by atoms with Gasteiger partial charge < -0.3 is 15.4 Å². The summed E-state index contributed by atoms with van der Waals surface area (Å²) in [6, 6.07) is -0.632. The number of aromatic nitrogens is 3. The van der Waals surface area contributed by atoms with E-state index >= 15 is 0 Å². The van der Waals surface area contributed by atoms with Crippen LogP contribution in [0.4, 0.5) is 4.79 Å². The maximum Gasteiger partial charge on any atom is 0.407 e. The number of thioether (sulfide) groups is 1. The number of methoxy groups -OCH3 is 1. The minimum atomic E-state index is -0.632. The Morgan fingerprint density at radius 2 is 2.39 bits per heavy atom. The van der Waals surface area contributed by atoms with E-state index in [0.717, 1.165) is 0 Å². The van der Waals surface area contributed by atoms with E-state index in [1.54, 1.807) is 6.92 Å². The average Bonchev–Trinajstić information content (AvgIpc) is 2.87. The van der Waals surface area contributed by atoms with Crippen LogP contribution in [0.25, 0.3) is 0 Å². The van der Waals surface area contributed by atoms with Crippen LogP contribution in [0, 0.1) is 0 Å². The van der Waals surface area contributed by atoms with Crippen LogP contribution >= 0.6 is 11.8 Å². The Labute approximate surface area is 108 Å². The second-order valence-corrected chi connectivity index (χ2v) is 4.37. The van der Waals surface area contributed by atoms with Crippen LogP contribution in [0.2, 0.25) is 0 Å². The second-order valence-electron chi connectivity index (χ2n) is 3.29. The number of nitrogens with one attached hydrogen (secondary N) is 3. The highest BCUT2D eigenvalue weighted by Gasteiger charge is 2.14. The first-order valence-electron chi connectivity index (χ1n) is 5.24. The molecular weight excluding hydrogens is 258 g/mol. The van der Waals surface area contributed by atoms with Gasteiger partial charge in [-0.1, -0.05) is 11.8 Å². The predicted octanol–water partition coefficient (Wildman–Crippen LogP) is -0.243. The van der Waals surface area contributed by atoms with Gasteiger partial charge in [0.2, 0.25) is 5.91 Å². The van der Waals surface area contributed by atoms with Crippen molar-refractivity contribution in [2.24, 2.45) is 0 Å². The number of hydrogen-bond acceptors (Lipinski definition) is 6. The lowest BCUT2D eigenvalue weighted by Gasteiger charge is -2.12. The van der Waals surface area contributed by atoms with E-state index in [1.807, 2.05) is 0 Å². The number of aromatic amines is 1. The molecule has 3 N–H and O–H groups in total. The third-order valence-corrected chi connectivity index (χ3v) is 2.82. The molecule has 8 nitrogen and oxygen atoms in total. The summed E-state index contributed by atoms with van der Waals surface area (Å²) < 4.78 is 4.39. The minimum Gasteiger partial charge on any atom is -0.453 e. The van der Waals surface area contributed by atoms with Gasteiger partial charge >= 0.3 is 6.09 Å². The SMILES string of the molecule is COC(=O)N[C@@H](C)C(=O)NCCSc1ncn[nH]1. The van der Waals surface area contributed by atoms with Crippen LogP contribution in [-0.4, -0.2) is 52.6 Å². The summed E-state index contributed by atoms with van der Waals surface area (Å²) in [6.45, 7) is 2.05. The molecule has 0 saturated heterocycles. The fourth-order valence-corrected chi connectivity index (χ4v) is 1.68. The summed E-state index contributed by atoms with van der Waals surface area (Å²) in [5.41, 5.74) is 0. The average molecular weight is 273 g/mol. The monoisotopic (exact) mass is 273 g/mol. The fraction of sp³-hybridized carbons (Fsp3) is 0.556. The topological polar surface area (TPSA) is 109 Å². The van der Waals surface area contributed by atoms with Crippen molar-refractivity contribution in [3.63, 3.8) is 0 Å². The lowest BCUT2D eigenvalue weighted by molar-refractivity contribution is -0.122. The molecular formula is C9H15N5O3S. The Morgan fingerprint density at radius 3 is 3.00 bits per heavy atom. The van der Waals surface area contributed by atoms with E-state index in [-0.39, 0.29) is 5.91 Å². The van der Waals surface area contributed by atoms with Crippen LogP contribution < -0.4 is 10.6 Å². The van der Waals surface area contributed by atoms with E-state index in [0.29, 0.717) is 17.5 Å². The molecule has 1 aromatic heterocycles. The molecule has 9 heteroatoms. The molecule has 18 heavy (non-hydrogen) atoms. The third-order valence-electron chi connectivity index (χ3n) is 1.95. The number of H-pyrrole nitrogens is 1. The van der Waals surface area contributed by atoms with Crippen molar-refractivity contribution in [3.8, 4) is 0 Å². The van der Waals surface area contributed by atoms with Crippen LogP contribution in [-0.2, 0) is 9.53 Å². The molecule has 0 saturated carbocycles. The van der Waals surface area contributed by atoms with Gasteiger partial charge in [-0.15, -0.1) is 0 Å². The molecule has 0 bridgehead atoms. The highest BCUT2D eigenvalue weighted by Crippen LogP contribution is 2.08. The molecule has 1 rings (SSSR count). The standard InChI is InChI=1S/C9H15N5O3S/c1-6(13-9(16)17-2)7(15)10-3-4-18-8-11-5-12-14-8/h5-6H,3-4H2,1-2H3,(H,10,15)(H,13,16)(H,11,12,14)/t6-/m0/s1. The maximum absolute atomic E-state index is 11.5. The number of rotatable bonds is 6. The Hall–Kier alpha value is -1.77. The number of carbonyl (C=O) groups excluding carboxylic acids is 2. The van der Waals surface area contributed by atoms with Crippen molar-refractivity contribution in [3.05, 3.63) is 6.33 Å². The molecule has 100 valence electrons. The zero-order chi connectivity index (χ0) is 13.4. The van der Waals surface area contributed by atoms with Crippen LogP contribution in [0.3, 0.4) is 0 Å². The van der Waals surface area contributed by atoms with E-state index < -0.39 is 12.1 Å². The number of nitrogens with zero attached hydrogens (tertiary/aromatic N) is 2. The van der Waals surface area contributed by atoms with E-state index in [4.69, 9.17) is 0 Å². The normalized spacial score (nSPS) is 11.7. The van der Waals surface area contributed by atoms with Crippen LogP contribution in [0.15, 0.2) is 11.5 Å². The number of carbonyl (C=O) groups is 2. The van der Waals surface area contributed by atoms with Gasteiger partial charge in [-0.05, 0) is 6.92 Å². The zero-order valence-electron chi connectivity index (χ0n) is 10.1. The maximum atomic E-state index is 11.5. The van der Waals surface area contributed by atoms with Crippen molar-refractivity contribution in [2.75, 3.05) is 19.4 Å². The Bertz CT molecular complexity index is 384. The summed E-state index contributed by atoms with van der Waals surface area (Å²) in [4.78, 5) is 26.3. The first-order chi connectivity index (χ1) is 8.63. The van der Waals surface area contributed by atoms with E-state index in [9.17, 15) is 9.59 Å². The predicted molar refractivity (Wildman–Crippen MR) is 65.1 cm³/mol. The molecule has 2 amide bonds. The van der Waals surface area contributed by atoms with Gasteiger partial charge in [0.05, 0.1) is 7.11 Å². The van der Waals surface area contributed by atoms with Gasteiger partial charge in [0.15, 0.2) is 5.16 Å². The van der Waals surface area contributed by atoms with E-state index in [2.05, 4.69) is 30.6 Å². The van der Waals surface area contributed by atoms with Crippen LogP contribution in [0.1, 0.15) is 6.92 Å². The Balaban J connectivity index is 2.14. The minimum absolute atomic E-state index is 0.265. The molecule has 0 spiro atoms. The smallest absolute Gasteiger partial charge is 0.407 e. The second kappa shape index (κ2) is 7.54. The van der Waals surface area contributed by atoms with Crippen molar-refractivity contribution >= 4 is 23.8 Å². The third kappa shape index (κ3) is 5.04. The van der Waals surface area contributed by atoms with E-state index in [1.165, 1.54) is 25.2 Å². The molecule has 0 radical (unpaired) electrons. The van der Waals surface area contributed by atoms with Crippen molar-refractivity contribution in [2.45, 2.75) is 18.1 Å². The highest BCUT2D eigenvalue weighted by atomic mass is 32.2. The summed E-state index contributed by atoms with van der Waals surface area (Å²) in [7, 11) is 1.24. The van der Waals surface area contributed by atoms with Gasteiger partial charge in [0, 0.05) is 12.3 Å². The molecule has 1 atom stereocenters. The molecule has 0 unspecified atom stereocenters. The van der Waals surface area contributed by atoms with Gasteiger partial charge in [0.1, 0.15) is 12.4 Å². The quantitative estimate of drug-likeness (QED) is 0.487. The molecule has 0 aliphatic rings. The van der Waals surface area contributed by atoms with Crippen molar-refractivity contribution in [1.82, 2.24) is 25.8 Å². The number of ether oxygens (including phenoxy) is 1. The lowest BCUT2D eigenvalue weighted by Crippen LogP contribution is -2.45. The van der Waals surface area contributed by atoms with Crippen molar-refractivity contribution in [1.29, 1.82) is 0 Å². The summed E-state index contributed by atoms with van der Waals surface area (Å²) in [5.74, 6) is 0.393. The van der Waals surface area contributed by atoms with Gasteiger partial charge in [0.25, 0.3) is 0 Å². The fourth-order valence-electron chi connectivity index (χ4n) is 1.04. The Kier molecular flexibility index (Phi) is 5.98. The van der Waals surface area contributed by atoms with Crippen molar-refractivity contribution < 1.29 is 14.3 Å². The van der Waals surface area contributed by atoms with Gasteiger partial charge in [-0.25, -0.2) is 9.78 Å². The van der Waals surface area contributed by atoms with Gasteiger partial charge in [-0.3, -0.25) is 9.89 Å². The first-order valence-corrected chi connectivity index (χ1v) is 6.22. The first kappa shape index (κ1) is 14.3. The molecule has 1 heterocycles. The highest BCUT2D eigenvalue weighted by molar-refractivity contribution is 7.99. The Morgan fingerprint density at radius 1 is 1.61 bits per heavy atom. The lowest BCUT2D eigenvalue weighted by atomic mass is 10.3. The van der Waals surface area contributed by atoms with Gasteiger partial charge in [-0.2, -0.15) is 5.10 Å². The molecule has 0 aliphatic carbocycles. The molecule has 0 fully saturated rings. The number of hydrogen-bond donors (Lipinski definition) is 3. The molecule has 1 aromatic rings. The summed E-state index contributed by atoms with van der Waals surface area (Å²) in [5, 5.41) is 12.2. The molecule has 0 aliphatic heterocycles. The summed E-state index contributed by atoms with van der Waals surface area (Å²) >= 11 is 1.44. The number of alkyl carbamates (subject to hydrolysis) is 1. The number of amides is 2. The zero-order valence-corrected chi connectivity index (χ0v) is 10.9. The largest absolute Gasteiger partial charge is 0.453 e. The summed E-state index contributed by atoms with van der Waals surface area (Å²) in [6.07, 6.45) is 0.789. The molecule has 0 aromatic carbocycles. The van der Waals surface area contributed by atoms with Crippen LogP contribution in [0.5, 0.6) is 0 Å².